The van der Waals surface area contributed by atoms with Crippen LogP contribution in [0, 0.1) is 17.2 Å². The van der Waals surface area contributed by atoms with Gasteiger partial charge < -0.3 is 4.57 Å². The number of aromatic nitrogens is 1. The largest absolute Gasteiger partial charge is 0.313 e. The summed E-state index contributed by atoms with van der Waals surface area (Å²) in [6.07, 6.45) is 18.0. The van der Waals surface area contributed by atoms with Gasteiger partial charge in [0.15, 0.2) is 0 Å². The number of fused-ring (bicyclic) bond motifs is 6. The van der Waals surface area contributed by atoms with Crippen LogP contribution in [0.5, 0.6) is 0 Å². The van der Waals surface area contributed by atoms with Crippen LogP contribution in [-0.2, 0) is 5.41 Å². The lowest BCUT2D eigenvalue weighted by Crippen LogP contribution is -2.35. The van der Waals surface area contributed by atoms with E-state index >= 15 is 0 Å². The van der Waals surface area contributed by atoms with Crippen molar-refractivity contribution in [1.82, 2.24) is 4.57 Å². The van der Waals surface area contributed by atoms with E-state index in [-0.39, 0.29) is 11.3 Å². The molecule has 3 atom stereocenters. The van der Waals surface area contributed by atoms with Gasteiger partial charge in [0.1, 0.15) is 0 Å². The smallest absolute Gasteiger partial charge is 0.0991 e. The van der Waals surface area contributed by atoms with Gasteiger partial charge in [-0.05, 0) is 71.5 Å². The van der Waals surface area contributed by atoms with Crippen molar-refractivity contribution in [2.24, 2.45) is 5.92 Å². The van der Waals surface area contributed by atoms with Gasteiger partial charge in [0, 0.05) is 28.3 Å². The summed E-state index contributed by atoms with van der Waals surface area (Å²) >= 11 is 0. The van der Waals surface area contributed by atoms with Crippen molar-refractivity contribution < 1.29 is 0 Å². The molecule has 2 heteroatoms. The van der Waals surface area contributed by atoms with Crippen molar-refractivity contribution in [3.05, 3.63) is 161 Å². The summed E-state index contributed by atoms with van der Waals surface area (Å²) in [4.78, 5) is 0. The van der Waals surface area contributed by atoms with Crippen molar-refractivity contribution in [2.45, 2.75) is 24.2 Å². The Bertz CT molecular complexity index is 1970. The maximum atomic E-state index is 9.57. The molecule has 3 aliphatic carbocycles. The van der Waals surface area contributed by atoms with Gasteiger partial charge in [-0.2, -0.15) is 5.26 Å². The minimum Gasteiger partial charge on any atom is -0.313 e. The van der Waals surface area contributed by atoms with E-state index in [0.29, 0.717) is 11.5 Å². The second-order valence-corrected chi connectivity index (χ2v) is 11.1. The van der Waals surface area contributed by atoms with Gasteiger partial charge >= 0.3 is 0 Å². The Kier molecular flexibility index (Phi) is 5.09. The predicted octanol–water partition coefficient (Wildman–Crippen LogP) is 9.03. The van der Waals surface area contributed by atoms with Gasteiger partial charge in [-0.3, -0.25) is 0 Å². The fraction of sp³-hybridized carbons (Fsp3) is 0.132. The lowest BCUT2D eigenvalue weighted by Gasteiger charge is -2.39. The van der Waals surface area contributed by atoms with Crippen LogP contribution in [0.1, 0.15) is 46.6 Å². The Morgan fingerprint density at radius 2 is 1.52 bits per heavy atom. The molecule has 2 nitrogen and oxygen atoms in total. The molecule has 1 heterocycles. The second-order valence-electron chi connectivity index (χ2n) is 11.1. The van der Waals surface area contributed by atoms with Gasteiger partial charge in [0.2, 0.25) is 0 Å². The Hall–Kier alpha value is -4.87. The standard InChI is InChI=1S/C38H28N2/c39-25-26-18-20-27(21-19-26)38(34-15-7-4-12-30(34)31-13-5-8-16-35(31)38)28-22-23-37-33(24-28)32-14-6-9-17-36(32)40(37)29-10-2-1-3-11-29/h1-2,4-10,12-24,30,34H,3,11H2. The van der Waals surface area contributed by atoms with Gasteiger partial charge in [0.25, 0.3) is 0 Å². The SMILES string of the molecule is N#Cc1ccc(C2(c3ccc4c(c3)c3ccccc3n4C3=CC=CCC3)c3ccccc3C3C=CC=CC32)cc1. The van der Waals surface area contributed by atoms with Crippen LogP contribution in [0.25, 0.3) is 27.5 Å². The van der Waals surface area contributed by atoms with E-state index < -0.39 is 0 Å². The number of rotatable bonds is 3. The van der Waals surface area contributed by atoms with Gasteiger partial charge in [-0.1, -0.05) is 97.1 Å². The summed E-state index contributed by atoms with van der Waals surface area (Å²) in [5.41, 5.74) is 9.44. The second kappa shape index (κ2) is 8.83. The topological polar surface area (TPSA) is 28.7 Å². The molecule has 190 valence electrons. The number of nitrogens with zero attached hydrogens (tertiary/aromatic N) is 2. The lowest BCUT2D eigenvalue weighted by atomic mass is 9.63. The number of hydrogen-bond donors (Lipinski definition) is 0. The van der Waals surface area contributed by atoms with Crippen LogP contribution < -0.4 is 0 Å². The Labute approximate surface area is 234 Å². The molecule has 0 spiro atoms. The zero-order valence-electron chi connectivity index (χ0n) is 22.2. The predicted molar refractivity (Wildman–Crippen MR) is 164 cm³/mol. The van der Waals surface area contributed by atoms with Crippen LogP contribution in [0.3, 0.4) is 0 Å². The summed E-state index contributed by atoms with van der Waals surface area (Å²) in [6.45, 7) is 0. The van der Waals surface area contributed by atoms with E-state index in [1.165, 1.54) is 49.8 Å². The molecule has 40 heavy (non-hydrogen) atoms. The van der Waals surface area contributed by atoms with Crippen LogP contribution in [0.4, 0.5) is 0 Å². The molecule has 4 aromatic carbocycles. The normalized spacial score (nSPS) is 22.7. The number of nitriles is 1. The van der Waals surface area contributed by atoms with E-state index in [9.17, 15) is 5.26 Å². The summed E-state index contributed by atoms with van der Waals surface area (Å²) in [7, 11) is 0. The molecule has 3 aliphatic rings. The fourth-order valence-corrected chi connectivity index (χ4v) is 7.62. The lowest BCUT2D eigenvalue weighted by molar-refractivity contribution is 0.457. The van der Waals surface area contributed by atoms with E-state index in [2.05, 4.69) is 132 Å². The van der Waals surface area contributed by atoms with Crippen LogP contribution >= 0.6 is 0 Å². The van der Waals surface area contributed by atoms with E-state index in [1.807, 2.05) is 12.1 Å². The van der Waals surface area contributed by atoms with Crippen molar-refractivity contribution in [3.63, 3.8) is 0 Å². The first-order valence-electron chi connectivity index (χ1n) is 14.2. The monoisotopic (exact) mass is 512 g/mol. The maximum absolute atomic E-state index is 9.57. The van der Waals surface area contributed by atoms with Gasteiger partial charge in [-0.25, -0.2) is 0 Å². The Morgan fingerprint density at radius 3 is 2.38 bits per heavy atom. The molecule has 0 radical (unpaired) electrons. The highest BCUT2D eigenvalue weighted by Gasteiger charge is 2.52. The molecule has 0 saturated heterocycles. The minimum absolute atomic E-state index is 0.236. The molecule has 0 amide bonds. The molecule has 0 saturated carbocycles. The third-order valence-corrected chi connectivity index (χ3v) is 9.26. The quantitative estimate of drug-likeness (QED) is 0.237. The molecule has 0 aliphatic heterocycles. The zero-order valence-corrected chi connectivity index (χ0v) is 22.2. The summed E-state index contributed by atoms with van der Waals surface area (Å²) < 4.78 is 2.46. The van der Waals surface area contributed by atoms with Crippen LogP contribution in [-0.4, -0.2) is 4.57 Å². The fourth-order valence-electron chi connectivity index (χ4n) is 7.62. The van der Waals surface area contributed by atoms with Gasteiger partial charge in [0.05, 0.1) is 28.1 Å². The molecule has 0 fully saturated rings. The van der Waals surface area contributed by atoms with Crippen molar-refractivity contribution in [2.75, 3.05) is 0 Å². The third kappa shape index (κ3) is 3.09. The highest BCUT2D eigenvalue weighted by molar-refractivity contribution is 6.10. The average Bonchev–Trinajstić information content (AvgIpc) is 3.52. The third-order valence-electron chi connectivity index (χ3n) is 9.26. The Morgan fingerprint density at radius 1 is 0.750 bits per heavy atom. The molecule has 1 aromatic heterocycles. The minimum atomic E-state index is -0.374. The summed E-state index contributed by atoms with van der Waals surface area (Å²) in [5, 5.41) is 12.1. The van der Waals surface area contributed by atoms with Crippen molar-refractivity contribution >= 4 is 27.5 Å². The van der Waals surface area contributed by atoms with Gasteiger partial charge in [-0.15, -0.1) is 0 Å². The molecule has 5 aromatic rings. The number of allylic oxidation sites excluding steroid dienone is 8. The van der Waals surface area contributed by atoms with Crippen LogP contribution in [0.2, 0.25) is 0 Å². The van der Waals surface area contributed by atoms with E-state index in [1.54, 1.807) is 0 Å². The highest BCUT2D eigenvalue weighted by atomic mass is 15.0. The number of para-hydroxylation sites is 1. The first kappa shape index (κ1) is 23.1. The maximum Gasteiger partial charge on any atom is 0.0991 e. The number of benzene rings is 4. The molecular weight excluding hydrogens is 484 g/mol. The average molecular weight is 513 g/mol. The van der Waals surface area contributed by atoms with E-state index in [4.69, 9.17) is 0 Å². The van der Waals surface area contributed by atoms with Crippen molar-refractivity contribution in [1.29, 1.82) is 5.26 Å². The van der Waals surface area contributed by atoms with E-state index in [0.717, 1.165) is 12.8 Å². The first-order valence-corrected chi connectivity index (χ1v) is 14.2. The molecule has 8 rings (SSSR count). The first-order chi connectivity index (χ1) is 19.8. The molecular formula is C38H28N2. The van der Waals surface area contributed by atoms with Crippen molar-refractivity contribution in [3.8, 4) is 6.07 Å². The molecule has 0 N–H and O–H groups in total. The molecule has 3 unspecified atom stereocenters. The molecule has 0 bridgehead atoms. The Balaban J connectivity index is 1.46. The van der Waals surface area contributed by atoms with Crippen LogP contribution in [0.15, 0.2) is 134 Å². The zero-order chi connectivity index (χ0) is 26.7. The summed E-state index contributed by atoms with van der Waals surface area (Å²) in [5.74, 6) is 0.535. The highest BCUT2D eigenvalue weighted by Crippen LogP contribution is 2.59. The number of hydrogen-bond acceptors (Lipinski definition) is 1. The summed E-state index contributed by atoms with van der Waals surface area (Å²) in [6, 6.07) is 35.6.